The highest BCUT2D eigenvalue weighted by atomic mass is 79.9. The minimum absolute atomic E-state index is 0. The molecule has 0 heterocycles. The van der Waals surface area contributed by atoms with Crippen LogP contribution in [0.15, 0.2) is 21.8 Å². The van der Waals surface area contributed by atoms with Crippen molar-refractivity contribution in [2.75, 3.05) is 7.11 Å². The lowest BCUT2D eigenvalue weighted by Gasteiger charge is -2.07. The van der Waals surface area contributed by atoms with Crippen molar-refractivity contribution in [1.29, 1.82) is 0 Å². The van der Waals surface area contributed by atoms with Gasteiger partial charge in [0.1, 0.15) is 12.9 Å². The maximum Gasteiger partial charge on any atom is 0.134 e. The van der Waals surface area contributed by atoms with Gasteiger partial charge in [-0.2, -0.15) is 0 Å². The zero-order valence-corrected chi connectivity index (χ0v) is 10.7. The summed E-state index contributed by atoms with van der Waals surface area (Å²) in [5, 5.41) is 13.5. The van der Waals surface area contributed by atoms with Crippen molar-refractivity contribution in [3.8, 4) is 5.75 Å². The zero-order valence-electron chi connectivity index (χ0n) is 9.12. The molecule has 1 rings (SSSR count). The van der Waals surface area contributed by atoms with Crippen LogP contribution in [0, 0.1) is 0 Å². The molecule has 0 saturated carbocycles. The maximum absolute atomic E-state index is 9.64. The van der Waals surface area contributed by atoms with Crippen molar-refractivity contribution < 1.29 is 15.4 Å². The Kier molecular flexibility index (Phi) is 6.02. The van der Waals surface area contributed by atoms with Gasteiger partial charge in [-0.3, -0.25) is 0 Å². The zero-order chi connectivity index (χ0) is 11.4. The van der Waals surface area contributed by atoms with Crippen molar-refractivity contribution >= 4 is 21.6 Å². The molecule has 1 aromatic rings. The molecule has 0 bridgehead atoms. The van der Waals surface area contributed by atoms with Crippen LogP contribution < -0.4 is 5.73 Å². The van der Waals surface area contributed by atoms with E-state index in [-0.39, 0.29) is 17.8 Å². The third-order valence-corrected chi connectivity index (χ3v) is 2.61. The van der Waals surface area contributed by atoms with Gasteiger partial charge in [0.15, 0.2) is 0 Å². The molecule has 0 aliphatic rings. The fraction of sp³-hybridized carbons (Fsp3) is 0.300. The molecule has 0 radical (unpaired) electrons. The lowest BCUT2D eigenvalue weighted by atomic mass is 10.1. The highest BCUT2D eigenvalue weighted by Crippen LogP contribution is 2.29. The van der Waals surface area contributed by atoms with Gasteiger partial charge in [0.05, 0.1) is 10.2 Å². The van der Waals surface area contributed by atoms with E-state index in [9.17, 15) is 5.11 Å². The monoisotopic (exact) mass is 290 g/mol. The van der Waals surface area contributed by atoms with Gasteiger partial charge in [-0.1, -0.05) is 5.16 Å². The molecule has 0 atom stereocenters. The van der Waals surface area contributed by atoms with Gasteiger partial charge in [0.25, 0.3) is 0 Å². The average molecular weight is 291 g/mol. The molecule has 0 fully saturated rings. The number of nitrogens with two attached hydrogens (primary N) is 1. The predicted octanol–water partition coefficient (Wildman–Crippen LogP) is 1.16. The molecular formula is C10H15BrN2O3. The molecule has 5 nitrogen and oxygen atoms in total. The number of nitrogens with zero attached hydrogens (tertiary/aromatic N) is 1. The van der Waals surface area contributed by atoms with Crippen LogP contribution in [0.5, 0.6) is 5.75 Å². The molecule has 5 N–H and O–H groups in total. The van der Waals surface area contributed by atoms with Crippen LogP contribution in [-0.2, 0) is 11.4 Å². The molecule has 0 spiro atoms. The normalized spacial score (nSPS) is 10.9. The first-order valence-electron chi connectivity index (χ1n) is 4.39. The van der Waals surface area contributed by atoms with Gasteiger partial charge in [0, 0.05) is 17.7 Å². The van der Waals surface area contributed by atoms with Crippen LogP contribution in [0.4, 0.5) is 0 Å². The molecule has 0 saturated heterocycles. The van der Waals surface area contributed by atoms with Gasteiger partial charge in [0.2, 0.25) is 0 Å². The molecule has 0 aliphatic carbocycles. The molecule has 0 aromatic heterocycles. The third-order valence-electron chi connectivity index (χ3n) is 2.01. The molecule has 1 aromatic carbocycles. The molecular weight excluding hydrogens is 276 g/mol. The number of oxime groups is 1. The largest absolute Gasteiger partial charge is 0.506 e. The minimum Gasteiger partial charge on any atom is -0.506 e. The number of benzene rings is 1. The summed E-state index contributed by atoms with van der Waals surface area (Å²) in [4.78, 5) is 4.68. The Bertz CT molecular complexity index is 394. The van der Waals surface area contributed by atoms with Crippen LogP contribution in [0.2, 0.25) is 0 Å². The summed E-state index contributed by atoms with van der Waals surface area (Å²) in [6.07, 6.45) is 0. The number of aromatic hydroxyl groups is 1. The number of hydrogen-bond donors (Lipinski definition) is 2. The third kappa shape index (κ3) is 3.19. The fourth-order valence-corrected chi connectivity index (χ4v) is 1.71. The Hall–Kier alpha value is -1.11. The SMILES string of the molecule is CON=C(C)c1cc(Br)c(O)c(CN)c1.O. The predicted molar refractivity (Wildman–Crippen MR) is 66.5 cm³/mol. The van der Waals surface area contributed by atoms with Crippen LogP contribution in [-0.4, -0.2) is 23.4 Å². The number of halogens is 1. The van der Waals surface area contributed by atoms with Crippen molar-refractivity contribution in [2.24, 2.45) is 10.9 Å². The second-order valence-electron chi connectivity index (χ2n) is 3.03. The summed E-state index contributed by atoms with van der Waals surface area (Å²) >= 11 is 3.26. The first kappa shape index (κ1) is 14.9. The Morgan fingerprint density at radius 2 is 2.19 bits per heavy atom. The first-order valence-corrected chi connectivity index (χ1v) is 5.19. The second kappa shape index (κ2) is 6.47. The fourth-order valence-electron chi connectivity index (χ4n) is 1.21. The Labute approximate surface area is 102 Å². The maximum atomic E-state index is 9.64. The standard InChI is InChI=1S/C10H13BrN2O2.H2O/c1-6(13-15-2)7-3-8(5-12)10(14)9(11)4-7;/h3-4,14H,5,12H2,1-2H3;1H2. The molecule has 0 aliphatic heterocycles. The van der Waals surface area contributed by atoms with Crippen molar-refractivity contribution in [3.63, 3.8) is 0 Å². The Balaban J connectivity index is 0.00000225. The number of phenolic OH excluding ortho intramolecular Hbond substituents is 1. The van der Waals surface area contributed by atoms with E-state index in [4.69, 9.17) is 5.73 Å². The van der Waals surface area contributed by atoms with E-state index in [0.717, 1.165) is 11.3 Å². The average Bonchev–Trinajstić information content (AvgIpc) is 2.22. The van der Waals surface area contributed by atoms with Crippen molar-refractivity contribution in [3.05, 3.63) is 27.7 Å². The first-order chi connectivity index (χ1) is 7.10. The van der Waals surface area contributed by atoms with E-state index < -0.39 is 0 Å². The summed E-state index contributed by atoms with van der Waals surface area (Å²) in [5.41, 5.74) is 7.77. The van der Waals surface area contributed by atoms with Gasteiger partial charge in [-0.05, 0) is 35.0 Å². The molecule has 90 valence electrons. The summed E-state index contributed by atoms with van der Waals surface area (Å²) < 4.78 is 0.603. The van der Waals surface area contributed by atoms with Crippen LogP contribution in [0.3, 0.4) is 0 Å². The van der Waals surface area contributed by atoms with Crippen LogP contribution in [0.1, 0.15) is 18.1 Å². The van der Waals surface area contributed by atoms with E-state index in [1.54, 1.807) is 12.1 Å². The van der Waals surface area contributed by atoms with Crippen LogP contribution >= 0.6 is 15.9 Å². The quantitative estimate of drug-likeness (QED) is 0.645. The lowest BCUT2D eigenvalue weighted by molar-refractivity contribution is 0.213. The summed E-state index contributed by atoms with van der Waals surface area (Å²) in [7, 11) is 1.49. The topological polar surface area (TPSA) is 99.3 Å². The van der Waals surface area contributed by atoms with Gasteiger partial charge in [-0.15, -0.1) is 0 Å². The minimum atomic E-state index is 0. The smallest absolute Gasteiger partial charge is 0.134 e. The molecule has 6 heteroatoms. The molecule has 0 amide bonds. The Morgan fingerprint density at radius 1 is 1.56 bits per heavy atom. The molecule has 0 unspecified atom stereocenters. The van der Waals surface area contributed by atoms with Gasteiger partial charge >= 0.3 is 0 Å². The van der Waals surface area contributed by atoms with E-state index >= 15 is 0 Å². The van der Waals surface area contributed by atoms with E-state index in [1.165, 1.54) is 7.11 Å². The highest BCUT2D eigenvalue weighted by molar-refractivity contribution is 9.10. The van der Waals surface area contributed by atoms with E-state index in [0.29, 0.717) is 10.0 Å². The number of rotatable bonds is 3. The van der Waals surface area contributed by atoms with Crippen molar-refractivity contribution in [2.45, 2.75) is 13.5 Å². The van der Waals surface area contributed by atoms with Crippen LogP contribution in [0.25, 0.3) is 0 Å². The summed E-state index contributed by atoms with van der Waals surface area (Å²) in [5.74, 6) is 0.173. The Morgan fingerprint density at radius 3 is 2.69 bits per heavy atom. The second-order valence-corrected chi connectivity index (χ2v) is 3.88. The highest BCUT2D eigenvalue weighted by Gasteiger charge is 2.08. The summed E-state index contributed by atoms with van der Waals surface area (Å²) in [6, 6.07) is 3.56. The van der Waals surface area contributed by atoms with Gasteiger partial charge in [-0.25, -0.2) is 0 Å². The van der Waals surface area contributed by atoms with Crippen molar-refractivity contribution in [1.82, 2.24) is 0 Å². The van der Waals surface area contributed by atoms with E-state index in [2.05, 4.69) is 25.9 Å². The summed E-state index contributed by atoms with van der Waals surface area (Å²) in [6.45, 7) is 2.10. The molecule has 16 heavy (non-hydrogen) atoms. The van der Waals surface area contributed by atoms with E-state index in [1.807, 2.05) is 6.92 Å². The lowest BCUT2D eigenvalue weighted by Crippen LogP contribution is -2.02. The number of hydrogen-bond acceptors (Lipinski definition) is 4. The van der Waals surface area contributed by atoms with Gasteiger partial charge < -0.3 is 21.2 Å². The number of phenols is 1.